The van der Waals surface area contributed by atoms with Gasteiger partial charge in [0.1, 0.15) is 13.2 Å². The summed E-state index contributed by atoms with van der Waals surface area (Å²) < 4.78 is 23.2. The molecule has 0 spiro atoms. The molecule has 0 aliphatic rings. The summed E-state index contributed by atoms with van der Waals surface area (Å²) in [6.07, 6.45) is 2.64. The van der Waals surface area contributed by atoms with E-state index in [0.29, 0.717) is 70.6 Å². The zero-order chi connectivity index (χ0) is 32.7. The van der Waals surface area contributed by atoms with Crippen molar-refractivity contribution in [2.75, 3.05) is 13.2 Å². The minimum atomic E-state index is -1.04. The highest BCUT2D eigenvalue weighted by atomic mass is 35.5. The topological polar surface area (TPSA) is 120 Å². The summed E-state index contributed by atoms with van der Waals surface area (Å²) in [5.74, 6) is -0.483. The van der Waals surface area contributed by atoms with E-state index in [1.807, 2.05) is 74.5 Å². The second-order valence-corrected chi connectivity index (χ2v) is 10.3. The first-order chi connectivity index (χ1) is 22.4. The monoisotopic (exact) mass is 662 g/mol. The molecule has 4 rings (SSSR count). The molecule has 2 N–H and O–H groups in total. The lowest BCUT2D eigenvalue weighted by Gasteiger charge is -2.14. The van der Waals surface area contributed by atoms with Crippen molar-refractivity contribution in [3.8, 4) is 23.0 Å². The van der Waals surface area contributed by atoms with Crippen LogP contribution >= 0.6 is 23.2 Å². The Hall–Kier alpha value is -5.06. The molecule has 0 heterocycles. The minimum absolute atomic E-state index is 0.296. The Morgan fingerprint density at radius 3 is 1.39 bits per heavy atom. The van der Waals surface area contributed by atoms with Crippen molar-refractivity contribution in [1.29, 1.82) is 0 Å². The van der Waals surface area contributed by atoms with Crippen LogP contribution in [0.1, 0.15) is 36.1 Å². The van der Waals surface area contributed by atoms with Crippen LogP contribution in [0, 0.1) is 0 Å². The molecule has 0 saturated carbocycles. The largest absolute Gasteiger partial charge is 0.490 e. The molecule has 4 aromatic carbocycles. The van der Waals surface area contributed by atoms with Crippen LogP contribution in [-0.2, 0) is 22.8 Å². The molecule has 0 aromatic heterocycles. The summed E-state index contributed by atoms with van der Waals surface area (Å²) >= 11 is 12.9. The summed E-state index contributed by atoms with van der Waals surface area (Å²) in [7, 11) is 0. The van der Waals surface area contributed by atoms with Gasteiger partial charge in [-0.3, -0.25) is 9.59 Å². The average Bonchev–Trinajstić information content (AvgIpc) is 3.05. The quantitative estimate of drug-likeness (QED) is 0.0898. The van der Waals surface area contributed by atoms with Gasteiger partial charge in [-0.15, -0.1) is 0 Å². The van der Waals surface area contributed by atoms with Crippen molar-refractivity contribution in [3.05, 3.63) is 117 Å². The molecule has 0 unspecified atom stereocenters. The molecule has 0 saturated heterocycles. The van der Waals surface area contributed by atoms with Gasteiger partial charge in [0.15, 0.2) is 23.0 Å². The Kier molecular flexibility index (Phi) is 12.8. The molecule has 0 aliphatic heterocycles. The predicted octanol–water partition coefficient (Wildman–Crippen LogP) is 6.55. The first kappa shape index (κ1) is 33.8. The van der Waals surface area contributed by atoms with E-state index in [4.69, 9.17) is 42.1 Å². The van der Waals surface area contributed by atoms with E-state index in [-0.39, 0.29) is 0 Å². The van der Waals surface area contributed by atoms with Gasteiger partial charge in [-0.05, 0) is 60.4 Å². The molecule has 4 aromatic rings. The average molecular weight is 664 g/mol. The molecular weight excluding hydrogens is 631 g/mol. The normalized spacial score (nSPS) is 11.0. The summed E-state index contributed by atoms with van der Waals surface area (Å²) in [6, 6.07) is 25.8. The number of halogens is 2. The van der Waals surface area contributed by atoms with Gasteiger partial charge in [-0.1, -0.05) is 83.9 Å². The molecule has 0 bridgehead atoms. The van der Waals surface area contributed by atoms with Crippen LogP contribution in [0.2, 0.25) is 10.0 Å². The third-order valence-corrected chi connectivity index (χ3v) is 6.64. The SMILES string of the molecule is CCOc1cc(C=NNC(=O)C(=O)N/N=C\c2cc(Cl)c(OCc3ccccc3)c(OCC)c2)cc(Cl)c1OCc1ccccc1. The number of hydrogen-bond acceptors (Lipinski definition) is 8. The van der Waals surface area contributed by atoms with Gasteiger partial charge in [0.05, 0.1) is 35.7 Å². The number of nitrogens with one attached hydrogen (secondary N) is 2. The van der Waals surface area contributed by atoms with E-state index in [2.05, 4.69) is 21.1 Å². The Bertz CT molecular complexity index is 1560. The van der Waals surface area contributed by atoms with Crippen LogP contribution in [0.15, 0.2) is 95.1 Å². The second-order valence-electron chi connectivity index (χ2n) is 9.47. The van der Waals surface area contributed by atoms with E-state index in [1.54, 1.807) is 24.3 Å². The van der Waals surface area contributed by atoms with E-state index in [9.17, 15) is 9.59 Å². The highest BCUT2D eigenvalue weighted by Crippen LogP contribution is 2.38. The number of benzene rings is 4. The van der Waals surface area contributed by atoms with Gasteiger partial charge >= 0.3 is 11.8 Å². The van der Waals surface area contributed by atoms with E-state index in [0.717, 1.165) is 11.1 Å². The van der Waals surface area contributed by atoms with Crippen LogP contribution < -0.4 is 29.8 Å². The first-order valence-corrected chi connectivity index (χ1v) is 15.1. The molecule has 46 heavy (non-hydrogen) atoms. The van der Waals surface area contributed by atoms with Crippen molar-refractivity contribution >= 4 is 47.4 Å². The van der Waals surface area contributed by atoms with Crippen molar-refractivity contribution < 1.29 is 28.5 Å². The van der Waals surface area contributed by atoms with Crippen LogP contribution in [0.3, 0.4) is 0 Å². The number of hydrazone groups is 2. The molecule has 0 aliphatic carbocycles. The molecule has 12 heteroatoms. The molecule has 238 valence electrons. The summed E-state index contributed by atoms with van der Waals surface area (Å²) in [6.45, 7) is 5.02. The number of rotatable bonds is 14. The number of hydrogen-bond donors (Lipinski definition) is 2. The predicted molar refractivity (Wildman–Crippen MR) is 178 cm³/mol. The van der Waals surface area contributed by atoms with Gasteiger partial charge in [0, 0.05) is 0 Å². The maximum atomic E-state index is 12.3. The highest BCUT2D eigenvalue weighted by Gasteiger charge is 2.15. The fourth-order valence-electron chi connectivity index (χ4n) is 4.02. The fourth-order valence-corrected chi connectivity index (χ4v) is 4.57. The lowest BCUT2D eigenvalue weighted by molar-refractivity contribution is -0.139. The maximum absolute atomic E-state index is 12.3. The Balaban J connectivity index is 1.33. The van der Waals surface area contributed by atoms with Crippen molar-refractivity contribution in [2.24, 2.45) is 10.2 Å². The standard InChI is InChI=1S/C34H32Cl2N4O6/c1-3-43-29-17-25(15-27(35)31(29)45-21-23-11-7-5-8-12-23)19-37-39-33(41)34(42)40-38-20-26-16-28(36)32(30(18-26)44-4-2)46-22-24-13-9-6-10-14-24/h5-20H,3-4,21-22H2,1-2H3,(H,39,41)(H,40,42)/b37-19-,38-20?. The number of amides is 2. The van der Waals surface area contributed by atoms with Crippen molar-refractivity contribution in [2.45, 2.75) is 27.1 Å². The summed E-state index contributed by atoms with van der Waals surface area (Å²) in [5, 5.41) is 8.29. The minimum Gasteiger partial charge on any atom is -0.490 e. The molecular formula is C34H32Cl2N4O6. The van der Waals surface area contributed by atoms with Gasteiger partial charge in [0.2, 0.25) is 0 Å². The van der Waals surface area contributed by atoms with Crippen molar-refractivity contribution in [1.82, 2.24) is 10.9 Å². The lowest BCUT2D eigenvalue weighted by atomic mass is 10.2. The number of carbonyl (C=O) groups is 2. The number of carbonyl (C=O) groups excluding carboxylic acids is 2. The third kappa shape index (κ3) is 9.98. The van der Waals surface area contributed by atoms with Gasteiger partial charge in [0.25, 0.3) is 0 Å². The molecule has 0 fully saturated rings. The lowest BCUT2D eigenvalue weighted by Crippen LogP contribution is -2.35. The first-order valence-electron chi connectivity index (χ1n) is 14.3. The Morgan fingerprint density at radius 2 is 1.02 bits per heavy atom. The van der Waals surface area contributed by atoms with Gasteiger partial charge in [-0.2, -0.15) is 10.2 Å². The molecule has 10 nitrogen and oxygen atoms in total. The highest BCUT2D eigenvalue weighted by molar-refractivity contribution is 6.35. The van der Waals surface area contributed by atoms with Crippen LogP contribution in [0.5, 0.6) is 23.0 Å². The van der Waals surface area contributed by atoms with Crippen LogP contribution in [-0.4, -0.2) is 37.5 Å². The van der Waals surface area contributed by atoms with E-state index in [1.165, 1.54) is 12.4 Å². The zero-order valence-corrected chi connectivity index (χ0v) is 26.7. The fraction of sp³-hybridized carbons (Fsp3) is 0.176. The van der Waals surface area contributed by atoms with E-state index < -0.39 is 11.8 Å². The smallest absolute Gasteiger partial charge is 0.331 e. The van der Waals surface area contributed by atoms with Gasteiger partial charge in [-0.25, -0.2) is 10.9 Å². The van der Waals surface area contributed by atoms with Crippen LogP contribution in [0.25, 0.3) is 0 Å². The Labute approximate surface area is 276 Å². The van der Waals surface area contributed by atoms with Crippen LogP contribution in [0.4, 0.5) is 0 Å². The maximum Gasteiger partial charge on any atom is 0.331 e. The van der Waals surface area contributed by atoms with Crippen molar-refractivity contribution in [3.63, 3.8) is 0 Å². The molecule has 0 atom stereocenters. The summed E-state index contributed by atoms with van der Waals surface area (Å²) in [5.41, 5.74) is 7.27. The Morgan fingerprint density at radius 1 is 0.630 bits per heavy atom. The third-order valence-electron chi connectivity index (χ3n) is 6.08. The second kappa shape index (κ2) is 17.4. The number of nitrogens with zero attached hydrogens (tertiary/aromatic N) is 2. The summed E-state index contributed by atoms with van der Waals surface area (Å²) in [4.78, 5) is 24.5. The molecule has 0 radical (unpaired) electrons. The number of ether oxygens (including phenoxy) is 4. The molecule has 2 amide bonds. The van der Waals surface area contributed by atoms with Gasteiger partial charge < -0.3 is 18.9 Å². The van der Waals surface area contributed by atoms with E-state index >= 15 is 0 Å². The zero-order valence-electron chi connectivity index (χ0n) is 25.2.